The summed E-state index contributed by atoms with van der Waals surface area (Å²) < 4.78 is 5.08. The van der Waals surface area contributed by atoms with Crippen molar-refractivity contribution in [1.29, 1.82) is 0 Å². The Labute approximate surface area is 114 Å². The third-order valence-electron chi connectivity index (χ3n) is 2.87. The molecule has 0 saturated heterocycles. The van der Waals surface area contributed by atoms with Crippen molar-refractivity contribution in [2.24, 2.45) is 5.92 Å². The molecule has 0 aliphatic carbocycles. The van der Waals surface area contributed by atoms with Gasteiger partial charge in [-0.2, -0.15) is 0 Å². The van der Waals surface area contributed by atoms with Crippen LogP contribution in [0.1, 0.15) is 38.9 Å². The number of carbonyl (C=O) groups excluding carboxylic acids is 1. The highest BCUT2D eigenvalue weighted by molar-refractivity contribution is 5.82. The highest BCUT2D eigenvalue weighted by Crippen LogP contribution is 2.19. The van der Waals surface area contributed by atoms with E-state index in [1.807, 2.05) is 6.92 Å². The lowest BCUT2D eigenvalue weighted by atomic mass is 10.0. The zero-order chi connectivity index (χ0) is 14.4. The number of carbonyl (C=O) groups is 1. The second kappa shape index (κ2) is 7.14. The first-order valence-corrected chi connectivity index (χ1v) is 6.56. The number of aliphatic hydroxyl groups excluding tert-OH is 1. The summed E-state index contributed by atoms with van der Waals surface area (Å²) in [6.45, 7) is 6.14. The molecule has 19 heavy (non-hydrogen) atoms. The summed E-state index contributed by atoms with van der Waals surface area (Å²) in [5.41, 5.74) is 0.536. The van der Waals surface area contributed by atoms with Crippen LogP contribution in [0.3, 0.4) is 0 Å². The van der Waals surface area contributed by atoms with Crippen LogP contribution in [0.4, 0.5) is 0 Å². The quantitative estimate of drug-likeness (QED) is 0.829. The first kappa shape index (κ1) is 15.5. The van der Waals surface area contributed by atoms with E-state index in [1.165, 1.54) is 0 Å². The van der Waals surface area contributed by atoms with E-state index in [0.717, 1.165) is 6.42 Å². The fourth-order valence-corrected chi connectivity index (χ4v) is 2.05. The molecule has 1 amide bonds. The summed E-state index contributed by atoms with van der Waals surface area (Å²) >= 11 is 0. The molecular formula is C15H23NO3. The van der Waals surface area contributed by atoms with E-state index in [1.54, 1.807) is 31.4 Å². The van der Waals surface area contributed by atoms with E-state index >= 15 is 0 Å². The van der Waals surface area contributed by atoms with Crippen molar-refractivity contribution in [3.63, 3.8) is 0 Å². The fraction of sp³-hybridized carbons (Fsp3) is 0.533. The van der Waals surface area contributed by atoms with Crippen LogP contribution in [-0.2, 0) is 4.79 Å². The highest BCUT2D eigenvalue weighted by atomic mass is 16.5. The van der Waals surface area contributed by atoms with Crippen molar-refractivity contribution in [2.75, 3.05) is 7.11 Å². The Morgan fingerprint density at radius 2 is 2.05 bits per heavy atom. The molecule has 0 saturated carbocycles. The van der Waals surface area contributed by atoms with Crippen LogP contribution in [0.2, 0.25) is 0 Å². The van der Waals surface area contributed by atoms with Crippen LogP contribution >= 0.6 is 0 Å². The Morgan fingerprint density at radius 1 is 1.37 bits per heavy atom. The van der Waals surface area contributed by atoms with Gasteiger partial charge in [-0.1, -0.05) is 26.0 Å². The lowest BCUT2D eigenvalue weighted by molar-refractivity contribution is -0.130. The maximum Gasteiger partial charge on any atom is 0.253 e. The molecular weight excluding hydrogens is 242 g/mol. The molecule has 1 rings (SSSR count). The fourth-order valence-electron chi connectivity index (χ4n) is 2.05. The normalized spacial score (nSPS) is 14.0. The lowest BCUT2D eigenvalue weighted by Gasteiger charge is -2.18. The number of hydrogen-bond acceptors (Lipinski definition) is 3. The average molecular weight is 265 g/mol. The van der Waals surface area contributed by atoms with Crippen molar-refractivity contribution in [2.45, 2.75) is 39.3 Å². The van der Waals surface area contributed by atoms with Gasteiger partial charge in [0.25, 0.3) is 5.91 Å². The van der Waals surface area contributed by atoms with Crippen molar-refractivity contribution in [3.8, 4) is 5.75 Å². The maximum absolute atomic E-state index is 11.9. The number of rotatable bonds is 6. The third-order valence-corrected chi connectivity index (χ3v) is 2.87. The highest BCUT2D eigenvalue weighted by Gasteiger charge is 2.19. The van der Waals surface area contributed by atoms with Crippen LogP contribution in [0, 0.1) is 5.92 Å². The number of benzene rings is 1. The number of amides is 1. The predicted octanol–water partition coefficient (Wildman–Crippen LogP) is 2.28. The van der Waals surface area contributed by atoms with Gasteiger partial charge in [-0.25, -0.2) is 0 Å². The third kappa shape index (κ3) is 4.91. The first-order valence-electron chi connectivity index (χ1n) is 6.56. The molecule has 0 spiro atoms. The molecule has 4 nitrogen and oxygen atoms in total. The van der Waals surface area contributed by atoms with Gasteiger partial charge in [0.2, 0.25) is 0 Å². The molecule has 1 aromatic carbocycles. The predicted molar refractivity (Wildman–Crippen MR) is 75.0 cm³/mol. The van der Waals surface area contributed by atoms with E-state index in [-0.39, 0.29) is 11.9 Å². The van der Waals surface area contributed by atoms with Gasteiger partial charge in [-0.3, -0.25) is 4.79 Å². The van der Waals surface area contributed by atoms with Gasteiger partial charge >= 0.3 is 0 Å². The summed E-state index contributed by atoms with van der Waals surface area (Å²) in [5, 5.41) is 12.8. The molecule has 106 valence electrons. The standard InChI is InChI=1S/C15H23NO3/c1-10(2)8-11(3)16-15(18)14(17)12-6-5-7-13(9-12)19-4/h5-7,9-11,14,17H,8H2,1-4H3,(H,16,18). The molecule has 2 atom stereocenters. The number of aliphatic hydroxyl groups is 1. The van der Waals surface area contributed by atoms with Gasteiger partial charge < -0.3 is 15.2 Å². The largest absolute Gasteiger partial charge is 0.497 e. The summed E-state index contributed by atoms with van der Waals surface area (Å²) in [5.74, 6) is 0.755. The first-order chi connectivity index (χ1) is 8.93. The van der Waals surface area contributed by atoms with E-state index in [4.69, 9.17) is 4.74 Å². The monoisotopic (exact) mass is 265 g/mol. The minimum absolute atomic E-state index is 0.0488. The van der Waals surface area contributed by atoms with Crippen molar-refractivity contribution >= 4 is 5.91 Å². The van der Waals surface area contributed by atoms with Crippen LogP contribution in [0.25, 0.3) is 0 Å². The molecule has 0 fully saturated rings. The Balaban J connectivity index is 2.65. The smallest absolute Gasteiger partial charge is 0.253 e. The zero-order valence-electron chi connectivity index (χ0n) is 12.0. The van der Waals surface area contributed by atoms with Gasteiger partial charge in [0, 0.05) is 6.04 Å². The van der Waals surface area contributed by atoms with Gasteiger partial charge in [0.15, 0.2) is 6.10 Å². The molecule has 0 radical (unpaired) electrons. The lowest BCUT2D eigenvalue weighted by Crippen LogP contribution is -2.37. The summed E-state index contributed by atoms with van der Waals surface area (Å²) in [4.78, 5) is 11.9. The topological polar surface area (TPSA) is 58.6 Å². The van der Waals surface area contributed by atoms with E-state index in [2.05, 4.69) is 19.2 Å². The minimum atomic E-state index is -1.16. The number of ether oxygens (including phenoxy) is 1. The molecule has 2 N–H and O–H groups in total. The summed E-state index contributed by atoms with van der Waals surface area (Å²) in [6.07, 6.45) is -0.277. The summed E-state index contributed by atoms with van der Waals surface area (Å²) in [7, 11) is 1.55. The molecule has 0 aliphatic rings. The Kier molecular flexibility index (Phi) is 5.83. The van der Waals surface area contributed by atoms with E-state index in [9.17, 15) is 9.90 Å². The van der Waals surface area contributed by atoms with Crippen molar-refractivity contribution < 1.29 is 14.6 Å². The second-order valence-electron chi connectivity index (χ2n) is 5.22. The van der Waals surface area contributed by atoms with Gasteiger partial charge in [0.1, 0.15) is 5.75 Å². The Morgan fingerprint density at radius 3 is 2.63 bits per heavy atom. The van der Waals surface area contributed by atoms with E-state index < -0.39 is 6.10 Å². The second-order valence-corrected chi connectivity index (χ2v) is 5.22. The Hall–Kier alpha value is -1.55. The van der Waals surface area contributed by atoms with E-state index in [0.29, 0.717) is 17.2 Å². The Bertz CT molecular complexity index is 418. The van der Waals surface area contributed by atoms with Gasteiger partial charge in [0.05, 0.1) is 7.11 Å². The number of methoxy groups -OCH3 is 1. The van der Waals surface area contributed by atoms with Gasteiger partial charge in [-0.15, -0.1) is 0 Å². The van der Waals surface area contributed by atoms with Crippen molar-refractivity contribution in [3.05, 3.63) is 29.8 Å². The average Bonchev–Trinajstić information content (AvgIpc) is 2.36. The minimum Gasteiger partial charge on any atom is -0.497 e. The van der Waals surface area contributed by atoms with Crippen molar-refractivity contribution in [1.82, 2.24) is 5.32 Å². The molecule has 0 heterocycles. The van der Waals surface area contributed by atoms with Gasteiger partial charge in [-0.05, 0) is 37.0 Å². The summed E-state index contributed by atoms with van der Waals surface area (Å²) in [6, 6.07) is 6.95. The number of hydrogen-bond donors (Lipinski definition) is 2. The molecule has 4 heteroatoms. The maximum atomic E-state index is 11.9. The van der Waals surface area contributed by atoms with Crippen LogP contribution in [-0.4, -0.2) is 24.2 Å². The molecule has 1 aromatic rings. The molecule has 0 aromatic heterocycles. The SMILES string of the molecule is COc1cccc(C(O)C(=O)NC(C)CC(C)C)c1. The van der Waals surface area contributed by atoms with Crippen LogP contribution in [0.5, 0.6) is 5.75 Å². The molecule has 2 unspecified atom stereocenters. The molecule has 0 aliphatic heterocycles. The zero-order valence-corrected chi connectivity index (χ0v) is 12.0. The molecule has 0 bridgehead atoms. The van der Waals surface area contributed by atoms with Crippen LogP contribution < -0.4 is 10.1 Å². The number of nitrogens with one attached hydrogen (secondary N) is 1. The van der Waals surface area contributed by atoms with Crippen LogP contribution in [0.15, 0.2) is 24.3 Å².